The lowest BCUT2D eigenvalue weighted by Gasteiger charge is -2.29. The summed E-state index contributed by atoms with van der Waals surface area (Å²) in [4.78, 5) is 14.4. The van der Waals surface area contributed by atoms with Gasteiger partial charge < -0.3 is 15.4 Å². The Labute approximate surface area is 148 Å². The van der Waals surface area contributed by atoms with Gasteiger partial charge in [0, 0.05) is 44.0 Å². The molecule has 0 bridgehead atoms. The van der Waals surface area contributed by atoms with Gasteiger partial charge in [-0.3, -0.25) is 4.90 Å². The molecule has 7 nitrogen and oxygen atoms in total. The number of benzene rings is 1. The van der Waals surface area contributed by atoms with Crippen LogP contribution in [0.25, 0.3) is 5.69 Å². The van der Waals surface area contributed by atoms with Crippen LogP contribution < -0.4 is 10.6 Å². The normalized spacial score (nSPS) is 16.4. The van der Waals surface area contributed by atoms with E-state index in [1.807, 2.05) is 43.5 Å². The summed E-state index contributed by atoms with van der Waals surface area (Å²) >= 11 is 0. The predicted octanol–water partition coefficient (Wildman–Crippen LogP) is 1.39. The fourth-order valence-electron chi connectivity index (χ4n) is 2.85. The third-order valence-electron chi connectivity index (χ3n) is 4.12. The van der Waals surface area contributed by atoms with Gasteiger partial charge in [-0.15, -0.1) is 0 Å². The van der Waals surface area contributed by atoms with Crippen molar-refractivity contribution in [3.8, 4) is 5.69 Å². The molecule has 3 rings (SSSR count). The molecule has 1 unspecified atom stereocenters. The van der Waals surface area contributed by atoms with Crippen molar-refractivity contribution in [2.45, 2.75) is 19.5 Å². The summed E-state index contributed by atoms with van der Waals surface area (Å²) in [6, 6.07) is 9.82. The van der Waals surface area contributed by atoms with E-state index < -0.39 is 0 Å². The summed E-state index contributed by atoms with van der Waals surface area (Å²) in [7, 11) is 0. The van der Waals surface area contributed by atoms with Gasteiger partial charge in [-0.2, -0.15) is 5.10 Å². The summed E-state index contributed by atoms with van der Waals surface area (Å²) in [6.45, 7) is 6.68. The summed E-state index contributed by atoms with van der Waals surface area (Å²) in [5.41, 5.74) is 1.96. The Kier molecular flexibility index (Phi) is 6.03. The van der Waals surface area contributed by atoms with Crippen molar-refractivity contribution in [3.05, 3.63) is 48.3 Å². The van der Waals surface area contributed by atoms with Gasteiger partial charge >= 0.3 is 6.03 Å². The maximum absolute atomic E-state index is 12.1. The molecule has 2 amide bonds. The fourth-order valence-corrected chi connectivity index (χ4v) is 2.85. The van der Waals surface area contributed by atoms with Crippen molar-refractivity contribution in [2.75, 3.05) is 32.8 Å². The van der Waals surface area contributed by atoms with E-state index in [1.165, 1.54) is 0 Å². The minimum atomic E-state index is -0.159. The molecule has 0 saturated carbocycles. The van der Waals surface area contributed by atoms with E-state index in [1.54, 1.807) is 10.9 Å². The van der Waals surface area contributed by atoms with Crippen molar-refractivity contribution in [1.82, 2.24) is 25.3 Å². The first kappa shape index (κ1) is 17.4. The average molecular weight is 343 g/mol. The van der Waals surface area contributed by atoms with Gasteiger partial charge in [0.1, 0.15) is 0 Å². The highest BCUT2D eigenvalue weighted by atomic mass is 16.5. The number of hydrogen-bond donors (Lipinski definition) is 2. The van der Waals surface area contributed by atoms with Crippen molar-refractivity contribution < 1.29 is 9.53 Å². The smallest absolute Gasteiger partial charge is 0.315 e. The van der Waals surface area contributed by atoms with Gasteiger partial charge in [0.05, 0.1) is 25.1 Å². The second-order valence-corrected chi connectivity index (χ2v) is 6.27. The highest BCUT2D eigenvalue weighted by Crippen LogP contribution is 2.07. The van der Waals surface area contributed by atoms with E-state index >= 15 is 0 Å². The Bertz CT molecular complexity index is 667. The molecule has 1 saturated heterocycles. The van der Waals surface area contributed by atoms with Crippen LogP contribution in [0.4, 0.5) is 4.79 Å². The van der Waals surface area contributed by atoms with E-state index in [-0.39, 0.29) is 12.1 Å². The van der Waals surface area contributed by atoms with Crippen LogP contribution in [-0.4, -0.2) is 59.6 Å². The minimum absolute atomic E-state index is 0.0881. The zero-order valence-corrected chi connectivity index (χ0v) is 14.5. The van der Waals surface area contributed by atoms with E-state index in [4.69, 9.17) is 4.74 Å². The zero-order chi connectivity index (χ0) is 17.5. The first-order chi connectivity index (χ1) is 12.2. The van der Waals surface area contributed by atoms with Crippen LogP contribution in [-0.2, 0) is 11.3 Å². The molecular formula is C18H25N5O2. The highest BCUT2D eigenvalue weighted by Gasteiger charge is 2.15. The van der Waals surface area contributed by atoms with Gasteiger partial charge in [-0.1, -0.05) is 18.2 Å². The van der Waals surface area contributed by atoms with E-state index in [2.05, 4.69) is 20.6 Å². The lowest BCUT2D eigenvalue weighted by molar-refractivity contribution is 0.0349. The van der Waals surface area contributed by atoms with Gasteiger partial charge in [0.25, 0.3) is 0 Å². The fraction of sp³-hybridized carbons (Fsp3) is 0.444. The van der Waals surface area contributed by atoms with Crippen molar-refractivity contribution in [2.24, 2.45) is 0 Å². The average Bonchev–Trinajstić information content (AvgIpc) is 3.10. The Morgan fingerprint density at radius 2 is 2.04 bits per heavy atom. The van der Waals surface area contributed by atoms with E-state index in [0.717, 1.165) is 44.1 Å². The molecule has 0 radical (unpaired) electrons. The Balaban J connectivity index is 1.42. The monoisotopic (exact) mass is 343 g/mol. The molecule has 134 valence electrons. The molecule has 1 fully saturated rings. The van der Waals surface area contributed by atoms with Crippen LogP contribution in [0.2, 0.25) is 0 Å². The highest BCUT2D eigenvalue weighted by molar-refractivity contribution is 5.74. The molecule has 0 aliphatic carbocycles. The summed E-state index contributed by atoms with van der Waals surface area (Å²) in [5, 5.41) is 10.2. The molecular weight excluding hydrogens is 318 g/mol. The number of rotatable bonds is 6. The summed E-state index contributed by atoms with van der Waals surface area (Å²) < 4.78 is 7.14. The molecule has 1 atom stereocenters. The first-order valence-electron chi connectivity index (χ1n) is 8.64. The third-order valence-corrected chi connectivity index (χ3v) is 4.12. The van der Waals surface area contributed by atoms with E-state index in [9.17, 15) is 4.79 Å². The number of nitrogens with zero attached hydrogens (tertiary/aromatic N) is 3. The third kappa shape index (κ3) is 5.30. The van der Waals surface area contributed by atoms with Crippen molar-refractivity contribution in [3.63, 3.8) is 0 Å². The maximum Gasteiger partial charge on any atom is 0.315 e. The lowest BCUT2D eigenvalue weighted by Crippen LogP contribution is -2.48. The number of urea groups is 1. The molecule has 2 N–H and O–H groups in total. The molecule has 0 spiro atoms. The second kappa shape index (κ2) is 8.64. The second-order valence-electron chi connectivity index (χ2n) is 6.27. The molecule has 1 aliphatic rings. The molecule has 1 aromatic carbocycles. The number of nitrogens with one attached hydrogen (secondary N) is 2. The molecule has 2 heterocycles. The van der Waals surface area contributed by atoms with Crippen molar-refractivity contribution in [1.29, 1.82) is 0 Å². The molecule has 7 heteroatoms. The molecule has 2 aromatic rings. The van der Waals surface area contributed by atoms with Gasteiger partial charge in [0.2, 0.25) is 0 Å². The van der Waals surface area contributed by atoms with Crippen LogP contribution in [0, 0.1) is 0 Å². The Morgan fingerprint density at radius 1 is 1.28 bits per heavy atom. The maximum atomic E-state index is 12.1. The largest absolute Gasteiger partial charge is 0.379 e. The zero-order valence-electron chi connectivity index (χ0n) is 14.5. The standard InChI is InChI=1S/C18H25N5O2/c1-15(13-22-7-9-25-10-8-22)21-18(24)19-11-16-12-20-23(14-16)17-5-3-2-4-6-17/h2-6,12,14-15H,7-11,13H2,1H3,(H2,19,21,24). The number of para-hydroxylation sites is 1. The van der Waals surface area contributed by atoms with Gasteiger partial charge in [0.15, 0.2) is 0 Å². The van der Waals surface area contributed by atoms with Crippen LogP contribution in [0.1, 0.15) is 12.5 Å². The predicted molar refractivity (Wildman–Crippen MR) is 95.7 cm³/mol. The van der Waals surface area contributed by atoms with Crippen LogP contribution in [0.5, 0.6) is 0 Å². The number of aromatic nitrogens is 2. The van der Waals surface area contributed by atoms with Crippen LogP contribution >= 0.6 is 0 Å². The lowest BCUT2D eigenvalue weighted by atomic mass is 10.3. The number of amides is 2. The molecule has 25 heavy (non-hydrogen) atoms. The topological polar surface area (TPSA) is 71.4 Å². The van der Waals surface area contributed by atoms with E-state index in [0.29, 0.717) is 6.54 Å². The molecule has 1 aromatic heterocycles. The van der Waals surface area contributed by atoms with Crippen molar-refractivity contribution >= 4 is 6.03 Å². The van der Waals surface area contributed by atoms with Gasteiger partial charge in [-0.25, -0.2) is 9.48 Å². The minimum Gasteiger partial charge on any atom is -0.379 e. The summed E-state index contributed by atoms with van der Waals surface area (Å²) in [5.74, 6) is 0. The number of carbonyl (C=O) groups excluding carboxylic acids is 1. The number of carbonyl (C=O) groups is 1. The number of ether oxygens (including phenoxy) is 1. The Hall–Kier alpha value is -2.38. The Morgan fingerprint density at radius 3 is 2.80 bits per heavy atom. The number of hydrogen-bond acceptors (Lipinski definition) is 4. The van der Waals surface area contributed by atoms with Crippen LogP contribution in [0.3, 0.4) is 0 Å². The summed E-state index contributed by atoms with van der Waals surface area (Å²) in [6.07, 6.45) is 3.69. The molecule has 1 aliphatic heterocycles. The number of morpholine rings is 1. The van der Waals surface area contributed by atoms with Gasteiger partial charge in [-0.05, 0) is 19.1 Å². The first-order valence-corrected chi connectivity index (χ1v) is 8.64. The van der Waals surface area contributed by atoms with Crippen LogP contribution in [0.15, 0.2) is 42.7 Å². The SMILES string of the molecule is CC(CN1CCOCC1)NC(=O)NCc1cnn(-c2ccccc2)c1. The quantitative estimate of drug-likeness (QED) is 0.832.